The van der Waals surface area contributed by atoms with Crippen molar-refractivity contribution in [3.63, 3.8) is 0 Å². The number of rotatable bonds is 8. The van der Waals surface area contributed by atoms with Gasteiger partial charge >= 0.3 is 0 Å². The Morgan fingerprint density at radius 3 is 2.57 bits per heavy atom. The summed E-state index contributed by atoms with van der Waals surface area (Å²) in [7, 11) is 3.54. The van der Waals surface area contributed by atoms with Crippen molar-refractivity contribution in [3.05, 3.63) is 28.8 Å². The first kappa shape index (κ1) is 17.8. The minimum absolute atomic E-state index is 0.0734. The molecule has 0 radical (unpaired) electrons. The molecule has 1 N–H and O–H groups in total. The van der Waals surface area contributed by atoms with E-state index < -0.39 is 0 Å². The molecule has 0 atom stereocenters. The largest absolute Gasteiger partial charge is 0.361 e. The Kier molecular flexibility index (Phi) is 7.54. The maximum Gasteiger partial charge on any atom is 0.241 e. The highest BCUT2D eigenvalue weighted by molar-refractivity contribution is 6.33. The van der Waals surface area contributed by atoms with Gasteiger partial charge in [0.1, 0.15) is 0 Å². The third-order valence-corrected chi connectivity index (χ3v) is 3.64. The van der Waals surface area contributed by atoms with E-state index in [-0.39, 0.29) is 5.91 Å². The summed E-state index contributed by atoms with van der Waals surface area (Å²) in [6.45, 7) is 6.98. The van der Waals surface area contributed by atoms with E-state index in [1.807, 2.05) is 24.0 Å². The third-order valence-electron chi connectivity index (χ3n) is 3.34. The fraction of sp³-hybridized carbons (Fsp3) is 0.562. The molecule has 1 aromatic rings. The van der Waals surface area contributed by atoms with E-state index in [9.17, 15) is 4.79 Å². The Labute approximate surface area is 133 Å². The van der Waals surface area contributed by atoms with Gasteiger partial charge in [0.15, 0.2) is 0 Å². The maximum atomic E-state index is 12.0. The highest BCUT2D eigenvalue weighted by Crippen LogP contribution is 2.30. The van der Waals surface area contributed by atoms with Gasteiger partial charge in [-0.05, 0) is 31.5 Å². The molecule has 4 nitrogen and oxygen atoms in total. The first-order chi connectivity index (χ1) is 10.0. The van der Waals surface area contributed by atoms with E-state index in [4.69, 9.17) is 11.6 Å². The predicted octanol–water partition coefficient (Wildman–Crippen LogP) is 2.75. The van der Waals surface area contributed by atoms with Crippen LogP contribution in [0, 0.1) is 0 Å². The second-order valence-corrected chi connectivity index (χ2v) is 5.63. The zero-order valence-corrected chi connectivity index (χ0v) is 14.2. The number of carbonyl (C=O) groups is 1. The molecule has 1 aromatic carbocycles. The molecule has 0 unspecified atom stereocenters. The number of halogens is 1. The summed E-state index contributed by atoms with van der Waals surface area (Å²) in [5, 5.41) is 4.09. The molecule has 0 fully saturated rings. The van der Waals surface area contributed by atoms with Gasteiger partial charge in [0, 0.05) is 27.2 Å². The molecule has 0 saturated heterocycles. The lowest BCUT2D eigenvalue weighted by Gasteiger charge is -2.27. The average molecular weight is 312 g/mol. The standard InChI is InChI=1S/C16H26ClN3O/c1-5-10-18-11-13-8-7-9-14(17)16(13)20(6-2)12-15(21)19(3)4/h7-9,18H,5-6,10-12H2,1-4H3. The second-order valence-electron chi connectivity index (χ2n) is 5.23. The van der Waals surface area contributed by atoms with E-state index in [0.29, 0.717) is 11.6 Å². The third kappa shape index (κ3) is 5.21. The van der Waals surface area contributed by atoms with Crippen LogP contribution in [0.3, 0.4) is 0 Å². The number of anilines is 1. The highest BCUT2D eigenvalue weighted by Gasteiger charge is 2.17. The minimum Gasteiger partial charge on any atom is -0.361 e. The number of carbonyl (C=O) groups excluding carboxylic acids is 1. The van der Waals surface area contributed by atoms with Gasteiger partial charge in [-0.3, -0.25) is 4.79 Å². The second kappa shape index (κ2) is 8.90. The normalized spacial score (nSPS) is 10.5. The van der Waals surface area contributed by atoms with Crippen LogP contribution >= 0.6 is 11.6 Å². The number of benzene rings is 1. The molecule has 0 aliphatic carbocycles. The van der Waals surface area contributed by atoms with E-state index in [2.05, 4.69) is 18.3 Å². The van der Waals surface area contributed by atoms with E-state index >= 15 is 0 Å². The Morgan fingerprint density at radius 2 is 2.00 bits per heavy atom. The van der Waals surface area contributed by atoms with Crippen molar-refractivity contribution < 1.29 is 4.79 Å². The summed E-state index contributed by atoms with van der Waals surface area (Å²) in [6.07, 6.45) is 1.09. The fourth-order valence-corrected chi connectivity index (χ4v) is 2.42. The van der Waals surface area contributed by atoms with Crippen LogP contribution in [0.25, 0.3) is 0 Å². The molecule has 0 spiro atoms. The maximum absolute atomic E-state index is 12.0. The lowest BCUT2D eigenvalue weighted by Crippen LogP contribution is -2.37. The lowest BCUT2D eigenvalue weighted by atomic mass is 10.1. The van der Waals surface area contributed by atoms with Crippen LogP contribution in [0.15, 0.2) is 18.2 Å². The number of hydrogen-bond acceptors (Lipinski definition) is 3. The van der Waals surface area contributed by atoms with Crippen LogP contribution in [0.5, 0.6) is 0 Å². The van der Waals surface area contributed by atoms with Crippen LogP contribution in [-0.2, 0) is 11.3 Å². The van der Waals surface area contributed by atoms with Crippen LogP contribution < -0.4 is 10.2 Å². The number of amides is 1. The van der Waals surface area contributed by atoms with Crippen LogP contribution in [-0.4, -0.2) is 44.5 Å². The van der Waals surface area contributed by atoms with Crippen LogP contribution in [0.1, 0.15) is 25.8 Å². The zero-order valence-electron chi connectivity index (χ0n) is 13.4. The van der Waals surface area contributed by atoms with E-state index in [1.54, 1.807) is 19.0 Å². The first-order valence-electron chi connectivity index (χ1n) is 7.44. The van der Waals surface area contributed by atoms with Crippen LogP contribution in [0.2, 0.25) is 5.02 Å². The van der Waals surface area contributed by atoms with Crippen molar-refractivity contribution in [2.45, 2.75) is 26.8 Å². The van der Waals surface area contributed by atoms with Crippen molar-refractivity contribution in [2.24, 2.45) is 0 Å². The summed E-state index contributed by atoms with van der Waals surface area (Å²) >= 11 is 6.38. The Hall–Kier alpha value is -1.26. The minimum atomic E-state index is 0.0734. The number of likely N-dealkylation sites (N-methyl/N-ethyl adjacent to an activating group) is 2. The summed E-state index contributed by atoms with van der Waals surface area (Å²) in [6, 6.07) is 5.89. The zero-order chi connectivity index (χ0) is 15.8. The smallest absolute Gasteiger partial charge is 0.241 e. The number of nitrogens with one attached hydrogen (secondary N) is 1. The van der Waals surface area contributed by atoms with Crippen molar-refractivity contribution in [1.82, 2.24) is 10.2 Å². The highest BCUT2D eigenvalue weighted by atomic mass is 35.5. The van der Waals surface area contributed by atoms with Gasteiger partial charge in [-0.25, -0.2) is 0 Å². The molecular formula is C16H26ClN3O. The van der Waals surface area contributed by atoms with E-state index in [1.165, 1.54) is 0 Å². The molecule has 1 rings (SSSR count). The summed E-state index contributed by atoms with van der Waals surface area (Å²) in [5.41, 5.74) is 2.09. The molecule has 0 aliphatic heterocycles. The molecule has 0 heterocycles. The van der Waals surface area contributed by atoms with Gasteiger partial charge in [0.05, 0.1) is 17.3 Å². The molecular weight excluding hydrogens is 286 g/mol. The Bertz CT molecular complexity index is 463. The summed E-state index contributed by atoms with van der Waals surface area (Å²) in [4.78, 5) is 15.6. The van der Waals surface area contributed by atoms with Crippen molar-refractivity contribution in [1.29, 1.82) is 0 Å². The predicted molar refractivity (Wildman–Crippen MR) is 90.0 cm³/mol. The van der Waals surface area contributed by atoms with Gasteiger partial charge in [-0.2, -0.15) is 0 Å². The molecule has 0 bridgehead atoms. The number of para-hydroxylation sites is 1. The topological polar surface area (TPSA) is 35.6 Å². The Morgan fingerprint density at radius 1 is 1.29 bits per heavy atom. The van der Waals surface area contributed by atoms with Crippen molar-refractivity contribution in [2.75, 3.05) is 38.6 Å². The molecule has 21 heavy (non-hydrogen) atoms. The van der Waals surface area contributed by atoms with Gasteiger partial charge < -0.3 is 15.1 Å². The fourth-order valence-electron chi connectivity index (χ4n) is 2.11. The summed E-state index contributed by atoms with van der Waals surface area (Å²) < 4.78 is 0. The lowest BCUT2D eigenvalue weighted by molar-refractivity contribution is -0.127. The van der Waals surface area contributed by atoms with Crippen molar-refractivity contribution >= 4 is 23.2 Å². The molecule has 5 heteroatoms. The average Bonchev–Trinajstić information content (AvgIpc) is 2.45. The Balaban J connectivity index is 2.98. The van der Waals surface area contributed by atoms with E-state index in [0.717, 1.165) is 37.3 Å². The molecule has 0 aromatic heterocycles. The molecule has 0 aliphatic rings. The number of hydrogen-bond donors (Lipinski definition) is 1. The SMILES string of the molecule is CCCNCc1cccc(Cl)c1N(CC)CC(=O)N(C)C. The first-order valence-corrected chi connectivity index (χ1v) is 7.82. The van der Waals surface area contributed by atoms with Crippen LogP contribution in [0.4, 0.5) is 5.69 Å². The van der Waals surface area contributed by atoms with Gasteiger partial charge in [0.25, 0.3) is 0 Å². The van der Waals surface area contributed by atoms with Gasteiger partial charge in [-0.15, -0.1) is 0 Å². The molecule has 118 valence electrons. The number of nitrogens with zero attached hydrogens (tertiary/aromatic N) is 2. The molecule has 1 amide bonds. The monoisotopic (exact) mass is 311 g/mol. The summed E-state index contributed by atoms with van der Waals surface area (Å²) in [5.74, 6) is 0.0734. The molecule has 0 saturated carbocycles. The van der Waals surface area contributed by atoms with Gasteiger partial charge in [0.2, 0.25) is 5.91 Å². The quantitative estimate of drug-likeness (QED) is 0.750. The van der Waals surface area contributed by atoms with Crippen molar-refractivity contribution in [3.8, 4) is 0 Å². The van der Waals surface area contributed by atoms with Gasteiger partial charge in [-0.1, -0.05) is 30.7 Å².